The van der Waals surface area contributed by atoms with Gasteiger partial charge in [0.25, 0.3) is 0 Å². The average molecular weight is 1010 g/mol. The molecule has 11 atom stereocenters. The molecule has 14 nitrogen and oxygen atoms in total. The van der Waals surface area contributed by atoms with E-state index in [4.69, 9.17) is 28.4 Å². The van der Waals surface area contributed by atoms with Gasteiger partial charge in [0.2, 0.25) is 0 Å². The molecule has 2 heterocycles. The number of rotatable bonds is 45. The van der Waals surface area contributed by atoms with Gasteiger partial charge in [0, 0.05) is 13.0 Å². The molecule has 0 aliphatic carbocycles. The average Bonchev–Trinajstić information content (AvgIpc) is 3.37. The van der Waals surface area contributed by atoms with Gasteiger partial charge in [0.1, 0.15) is 54.9 Å². The molecule has 0 aromatic rings. The van der Waals surface area contributed by atoms with E-state index in [1.54, 1.807) is 0 Å². The first-order chi connectivity index (χ1) is 34.6. The molecule has 7 N–H and O–H groups in total. The van der Waals surface area contributed by atoms with Gasteiger partial charge in [0.05, 0.1) is 26.4 Å². The molecule has 2 aliphatic rings. The zero-order valence-electron chi connectivity index (χ0n) is 44.2. The fourth-order valence-corrected chi connectivity index (χ4v) is 8.77. The third-order valence-corrected chi connectivity index (χ3v) is 13.3. The van der Waals surface area contributed by atoms with Gasteiger partial charge in [-0.3, -0.25) is 4.79 Å². The summed E-state index contributed by atoms with van der Waals surface area (Å²) in [6, 6.07) is 0. The van der Waals surface area contributed by atoms with Crippen LogP contribution >= 0.6 is 0 Å². The number of ether oxygens (including phenoxy) is 6. The highest BCUT2D eigenvalue weighted by Gasteiger charge is 2.47. The summed E-state index contributed by atoms with van der Waals surface area (Å²) in [5, 5.41) is 72.2. The molecular formula is C57H102O14. The van der Waals surface area contributed by atoms with Crippen LogP contribution in [0.25, 0.3) is 0 Å². The summed E-state index contributed by atoms with van der Waals surface area (Å²) in [6.45, 7) is 3.54. The van der Waals surface area contributed by atoms with Gasteiger partial charge < -0.3 is 64.2 Å². The van der Waals surface area contributed by atoms with E-state index in [0.29, 0.717) is 13.0 Å². The molecule has 0 saturated carbocycles. The number of hydrogen-bond acceptors (Lipinski definition) is 14. The van der Waals surface area contributed by atoms with Gasteiger partial charge >= 0.3 is 5.97 Å². The van der Waals surface area contributed by atoms with Gasteiger partial charge in [-0.1, -0.05) is 178 Å². The predicted molar refractivity (Wildman–Crippen MR) is 279 cm³/mol. The Balaban J connectivity index is 1.70. The minimum Gasteiger partial charge on any atom is -0.457 e. The van der Waals surface area contributed by atoms with Gasteiger partial charge in [0.15, 0.2) is 12.6 Å². The van der Waals surface area contributed by atoms with Crippen molar-refractivity contribution in [1.29, 1.82) is 0 Å². The lowest BCUT2D eigenvalue weighted by Crippen LogP contribution is -2.61. The molecular weight excluding hydrogens is 909 g/mol. The molecule has 2 aliphatic heterocycles. The topological polar surface area (TPSA) is 214 Å². The van der Waals surface area contributed by atoms with Crippen LogP contribution in [0.5, 0.6) is 0 Å². The van der Waals surface area contributed by atoms with Crippen molar-refractivity contribution >= 4 is 5.97 Å². The van der Waals surface area contributed by atoms with Crippen LogP contribution in [0.15, 0.2) is 48.6 Å². The summed E-state index contributed by atoms with van der Waals surface area (Å²) < 4.78 is 34.3. The van der Waals surface area contributed by atoms with Gasteiger partial charge in [-0.25, -0.2) is 0 Å². The zero-order chi connectivity index (χ0) is 51.6. The smallest absolute Gasteiger partial charge is 0.306 e. The van der Waals surface area contributed by atoms with Crippen molar-refractivity contribution in [1.82, 2.24) is 0 Å². The number of aliphatic hydroxyl groups excluding tert-OH is 7. The summed E-state index contributed by atoms with van der Waals surface area (Å²) >= 11 is 0. The number of esters is 1. The van der Waals surface area contributed by atoms with E-state index in [1.165, 1.54) is 122 Å². The standard InChI is InChI=1S/C57H102O14/c1-3-5-7-9-11-13-15-17-18-19-20-21-22-23-24-25-26-27-29-31-33-35-37-39-41-66-43-46(69-49(59)40-38-36-34-32-30-28-16-14-12-10-8-6-4-2)44-67-56-55(65)53(63)51(61)48(71-56)45-68-57-54(64)52(62)50(60)47(42-58)70-57/h6,8,12,14,19-20,28,30,46-48,50-58,60-65H,3-5,7,9-11,13,15-18,21-27,29,31-45H2,1-2H3/b8-6-,14-12-,20-19-,30-28-. The van der Waals surface area contributed by atoms with Crippen LogP contribution in [0, 0.1) is 0 Å². The van der Waals surface area contributed by atoms with E-state index in [1.807, 2.05) is 0 Å². The van der Waals surface area contributed by atoms with Crippen LogP contribution < -0.4 is 0 Å². The fourth-order valence-electron chi connectivity index (χ4n) is 8.77. The lowest BCUT2D eigenvalue weighted by atomic mass is 9.98. The Hall–Kier alpha value is -2.05. The summed E-state index contributed by atoms with van der Waals surface area (Å²) in [5.74, 6) is -0.404. The van der Waals surface area contributed by atoms with Gasteiger partial charge in [-0.2, -0.15) is 0 Å². The van der Waals surface area contributed by atoms with E-state index < -0.39 is 86.7 Å². The Morgan fingerprint density at radius 2 is 0.915 bits per heavy atom. The van der Waals surface area contributed by atoms with E-state index in [-0.39, 0.29) is 19.6 Å². The quantitative estimate of drug-likeness (QED) is 0.0172. The van der Waals surface area contributed by atoms with Crippen molar-refractivity contribution in [2.75, 3.05) is 33.0 Å². The maximum absolute atomic E-state index is 13.0. The third-order valence-electron chi connectivity index (χ3n) is 13.3. The highest BCUT2D eigenvalue weighted by molar-refractivity contribution is 5.69. The number of unbranched alkanes of at least 4 members (excludes halogenated alkanes) is 23. The molecule has 71 heavy (non-hydrogen) atoms. The Bertz CT molecular complexity index is 1360. The molecule has 414 valence electrons. The maximum atomic E-state index is 13.0. The second-order valence-electron chi connectivity index (χ2n) is 19.7. The highest BCUT2D eigenvalue weighted by Crippen LogP contribution is 2.26. The number of aliphatic hydroxyl groups is 7. The summed E-state index contributed by atoms with van der Waals surface area (Å²) in [6.07, 6.45) is 36.2. The first-order valence-electron chi connectivity index (χ1n) is 28.2. The first-order valence-corrected chi connectivity index (χ1v) is 28.2. The molecule has 2 fully saturated rings. The Morgan fingerprint density at radius 3 is 1.45 bits per heavy atom. The van der Waals surface area contributed by atoms with Crippen LogP contribution in [0.3, 0.4) is 0 Å². The first kappa shape index (κ1) is 65.1. The number of carbonyl (C=O) groups excluding carboxylic acids is 1. The monoisotopic (exact) mass is 1010 g/mol. The Labute approximate surface area is 429 Å². The maximum Gasteiger partial charge on any atom is 0.306 e. The van der Waals surface area contributed by atoms with Crippen LogP contribution in [0.1, 0.15) is 206 Å². The summed E-state index contributed by atoms with van der Waals surface area (Å²) in [4.78, 5) is 13.0. The third kappa shape index (κ3) is 31.4. The summed E-state index contributed by atoms with van der Waals surface area (Å²) in [5.41, 5.74) is 0. The van der Waals surface area contributed by atoms with Gasteiger partial charge in [-0.05, 0) is 70.6 Å². The van der Waals surface area contributed by atoms with Crippen molar-refractivity contribution in [3.8, 4) is 0 Å². The molecule has 14 heteroatoms. The normalized spacial score (nSPS) is 25.6. The molecule has 0 bridgehead atoms. The second-order valence-corrected chi connectivity index (χ2v) is 19.7. The Morgan fingerprint density at radius 1 is 0.479 bits per heavy atom. The lowest BCUT2D eigenvalue weighted by Gasteiger charge is -2.42. The largest absolute Gasteiger partial charge is 0.457 e. The number of allylic oxidation sites excluding steroid dienone is 8. The van der Waals surface area contributed by atoms with Crippen molar-refractivity contribution in [2.24, 2.45) is 0 Å². The molecule has 0 aromatic heterocycles. The van der Waals surface area contributed by atoms with Crippen molar-refractivity contribution < 1.29 is 69.0 Å². The van der Waals surface area contributed by atoms with Crippen molar-refractivity contribution in [3.63, 3.8) is 0 Å². The van der Waals surface area contributed by atoms with Crippen LogP contribution in [-0.4, -0.2) is 142 Å². The van der Waals surface area contributed by atoms with E-state index >= 15 is 0 Å². The molecule has 0 spiro atoms. The number of carbonyl (C=O) groups is 1. The Kier molecular flexibility index (Phi) is 40.6. The van der Waals surface area contributed by atoms with Gasteiger partial charge in [-0.15, -0.1) is 0 Å². The van der Waals surface area contributed by atoms with Crippen molar-refractivity contribution in [3.05, 3.63) is 48.6 Å². The van der Waals surface area contributed by atoms with Crippen molar-refractivity contribution in [2.45, 2.75) is 274 Å². The zero-order valence-corrected chi connectivity index (χ0v) is 44.2. The minimum absolute atomic E-state index is 0.0492. The molecule has 2 rings (SSSR count). The summed E-state index contributed by atoms with van der Waals surface area (Å²) in [7, 11) is 0. The fraction of sp³-hybridized carbons (Fsp3) is 0.842. The van der Waals surface area contributed by atoms with E-state index in [2.05, 4.69) is 62.5 Å². The van der Waals surface area contributed by atoms with Crippen LogP contribution in [0.4, 0.5) is 0 Å². The van der Waals surface area contributed by atoms with Crippen LogP contribution in [-0.2, 0) is 33.2 Å². The van der Waals surface area contributed by atoms with Crippen LogP contribution in [0.2, 0.25) is 0 Å². The number of hydrogen-bond donors (Lipinski definition) is 7. The molecule has 2 saturated heterocycles. The molecule has 0 amide bonds. The molecule has 11 unspecified atom stereocenters. The van der Waals surface area contributed by atoms with E-state index in [0.717, 1.165) is 57.8 Å². The minimum atomic E-state index is -1.71. The SMILES string of the molecule is CC/C=C\C/C=C\C/C=C\CCCCCC(=O)OC(COCCCCCCCCCCCCCC/C=C\CCCCCCCCCC)COC1OC(COC2OC(CO)C(O)C(O)C2O)C(O)C(O)C1O. The predicted octanol–water partition coefficient (Wildman–Crippen LogP) is 9.52. The lowest BCUT2D eigenvalue weighted by molar-refractivity contribution is -0.332. The highest BCUT2D eigenvalue weighted by atomic mass is 16.7. The van der Waals surface area contributed by atoms with E-state index in [9.17, 15) is 40.5 Å². The second kappa shape index (κ2) is 44.3. The molecule has 0 radical (unpaired) electrons. The molecule has 0 aromatic carbocycles.